The molecule has 1 aromatic heterocycles. The summed E-state index contributed by atoms with van der Waals surface area (Å²) in [6, 6.07) is 29.1. The van der Waals surface area contributed by atoms with Crippen LogP contribution in [0, 0.1) is 25.2 Å². The van der Waals surface area contributed by atoms with Gasteiger partial charge in [0.15, 0.2) is 0 Å². The Balaban J connectivity index is 1.20. The molecule has 54 heavy (non-hydrogen) atoms. The Hall–Kier alpha value is -5.24. The molecular formula is C44H46ClN5O4. The first-order valence-corrected chi connectivity index (χ1v) is 18.6. The number of rotatable bonds is 15. The molecule has 10 heteroatoms. The molecule has 2 heterocycles. The zero-order chi connectivity index (χ0) is 38.0. The summed E-state index contributed by atoms with van der Waals surface area (Å²) in [5.74, 6) is 0.912. The van der Waals surface area contributed by atoms with Crippen LogP contribution in [0.5, 0.6) is 11.5 Å². The highest BCUT2D eigenvalue weighted by atomic mass is 35.5. The number of hydrogen-bond donors (Lipinski definition) is 3. The van der Waals surface area contributed by atoms with E-state index in [1.54, 1.807) is 24.4 Å². The number of aromatic nitrogens is 1. The van der Waals surface area contributed by atoms with Crippen molar-refractivity contribution in [1.82, 2.24) is 15.6 Å². The molecule has 9 nitrogen and oxygen atoms in total. The van der Waals surface area contributed by atoms with E-state index in [0.717, 1.165) is 54.0 Å². The van der Waals surface area contributed by atoms with Gasteiger partial charge in [-0.15, -0.1) is 0 Å². The molecule has 1 aliphatic rings. The molecule has 0 unspecified atom stereocenters. The highest BCUT2D eigenvalue weighted by Crippen LogP contribution is 2.37. The Morgan fingerprint density at radius 2 is 1.63 bits per heavy atom. The van der Waals surface area contributed by atoms with Crippen molar-refractivity contribution >= 4 is 23.1 Å². The summed E-state index contributed by atoms with van der Waals surface area (Å²) in [7, 11) is 0. The van der Waals surface area contributed by atoms with E-state index in [0.29, 0.717) is 28.6 Å². The number of aliphatic hydroxyl groups is 1. The smallest absolute Gasteiger partial charge is 0.142 e. The van der Waals surface area contributed by atoms with Crippen LogP contribution < -0.4 is 25.0 Å². The van der Waals surface area contributed by atoms with E-state index in [1.165, 1.54) is 41.1 Å². The average Bonchev–Trinajstić information content (AvgIpc) is 3.18. The summed E-state index contributed by atoms with van der Waals surface area (Å²) in [4.78, 5) is 18.0. The molecule has 0 amide bonds. The maximum atomic E-state index is 11.4. The number of nitrogens with one attached hydrogen (secondary N) is 2. The van der Waals surface area contributed by atoms with E-state index in [9.17, 15) is 15.2 Å². The first-order valence-electron chi connectivity index (χ1n) is 18.2. The van der Waals surface area contributed by atoms with Gasteiger partial charge in [-0.25, -0.2) is 0 Å². The molecule has 1 atom stereocenters. The van der Waals surface area contributed by atoms with Crippen LogP contribution in [0.25, 0.3) is 22.3 Å². The number of nitrogens with zero attached hydrogens (tertiary/aromatic N) is 3. The maximum absolute atomic E-state index is 11.4. The topological polar surface area (TPSA) is 120 Å². The third-order valence-electron chi connectivity index (χ3n) is 9.77. The second-order valence-corrected chi connectivity index (χ2v) is 14.1. The van der Waals surface area contributed by atoms with Crippen molar-refractivity contribution in [2.75, 3.05) is 37.6 Å². The SMILES string of the molecule is CC(=O)C[C@H](O)CNCc1cc(Cl)c(OCc2cccc(-c3cccc(-c4ccc(N5CCNCC5)cc4)c3C)c2C)cc1OCc1cncc(C#N)c1. The van der Waals surface area contributed by atoms with Crippen molar-refractivity contribution in [3.05, 3.63) is 130 Å². The molecule has 0 bridgehead atoms. The van der Waals surface area contributed by atoms with Gasteiger partial charge in [0.05, 0.1) is 16.7 Å². The van der Waals surface area contributed by atoms with Gasteiger partial charge in [0.1, 0.15) is 36.6 Å². The molecule has 1 fully saturated rings. The zero-order valence-electron chi connectivity index (χ0n) is 31.0. The fraction of sp³-hybridized carbons (Fsp3) is 0.295. The number of pyridine rings is 1. The largest absolute Gasteiger partial charge is 0.488 e. The second-order valence-electron chi connectivity index (χ2n) is 13.7. The van der Waals surface area contributed by atoms with Gasteiger partial charge in [-0.1, -0.05) is 60.1 Å². The molecular weight excluding hydrogens is 698 g/mol. The second kappa shape index (κ2) is 18.2. The summed E-state index contributed by atoms with van der Waals surface area (Å²) >= 11 is 6.80. The molecule has 4 aromatic carbocycles. The van der Waals surface area contributed by atoms with Crippen LogP contribution in [0.3, 0.4) is 0 Å². The van der Waals surface area contributed by atoms with Gasteiger partial charge >= 0.3 is 0 Å². The Kier molecular flexibility index (Phi) is 13.0. The lowest BCUT2D eigenvalue weighted by Crippen LogP contribution is -2.43. The summed E-state index contributed by atoms with van der Waals surface area (Å²) in [6.07, 6.45) is 2.43. The van der Waals surface area contributed by atoms with Crippen molar-refractivity contribution in [3.8, 4) is 39.8 Å². The lowest BCUT2D eigenvalue weighted by Gasteiger charge is -2.29. The number of aliphatic hydroxyl groups excluding tert-OH is 1. The first-order chi connectivity index (χ1) is 26.2. The van der Waals surface area contributed by atoms with Crippen molar-refractivity contribution < 1.29 is 19.4 Å². The van der Waals surface area contributed by atoms with Crippen LogP contribution in [-0.2, 0) is 24.6 Å². The fourth-order valence-electron chi connectivity index (χ4n) is 6.83. The number of ether oxygens (including phenoxy) is 2. The number of hydrogen-bond acceptors (Lipinski definition) is 9. The summed E-state index contributed by atoms with van der Waals surface area (Å²) in [5, 5.41) is 26.5. The standard InChI is InChI=1S/C44H46ClN5O4/c1-29(51)18-38(52)26-49-25-36-20-42(45)44(21-43(36)53-27-33-19-32(22-46)23-48-24-33)54-28-35-6-4-8-40(30(35)2)41-9-5-7-39(31(41)3)34-10-12-37(13-11-34)50-16-14-47-15-17-50/h4-13,19-21,23-24,38,47,49,52H,14-18,25-28H2,1-3H3/t38-/m0/s1. The number of Topliss-reactive ketones (excluding diaryl/α,β-unsaturated/α-hetero) is 1. The van der Waals surface area contributed by atoms with Crippen molar-refractivity contribution in [3.63, 3.8) is 0 Å². The summed E-state index contributed by atoms with van der Waals surface area (Å²) < 4.78 is 12.6. The maximum Gasteiger partial charge on any atom is 0.142 e. The van der Waals surface area contributed by atoms with Gasteiger partial charge in [-0.3, -0.25) is 9.78 Å². The van der Waals surface area contributed by atoms with Crippen LogP contribution in [0.15, 0.2) is 91.3 Å². The minimum absolute atomic E-state index is 0.0723. The number of carbonyl (C=O) groups is 1. The third kappa shape index (κ3) is 9.64. The van der Waals surface area contributed by atoms with Crippen molar-refractivity contribution in [1.29, 1.82) is 5.26 Å². The fourth-order valence-corrected chi connectivity index (χ4v) is 7.07. The van der Waals surface area contributed by atoms with Crippen LogP contribution in [0.4, 0.5) is 5.69 Å². The molecule has 5 aromatic rings. The van der Waals surface area contributed by atoms with E-state index in [4.69, 9.17) is 21.1 Å². The normalized spacial score (nSPS) is 13.3. The monoisotopic (exact) mass is 743 g/mol. The average molecular weight is 744 g/mol. The van der Waals surface area contributed by atoms with Crippen molar-refractivity contribution in [2.24, 2.45) is 0 Å². The molecule has 0 aliphatic carbocycles. The molecule has 6 rings (SSSR count). The highest BCUT2D eigenvalue weighted by Gasteiger charge is 2.17. The van der Waals surface area contributed by atoms with Crippen molar-refractivity contribution in [2.45, 2.75) is 53.1 Å². The Labute approximate surface area is 322 Å². The Morgan fingerprint density at radius 1 is 0.926 bits per heavy atom. The predicted molar refractivity (Wildman–Crippen MR) is 214 cm³/mol. The number of ketones is 1. The molecule has 0 spiro atoms. The minimum Gasteiger partial charge on any atom is -0.488 e. The Bertz CT molecular complexity index is 2130. The summed E-state index contributed by atoms with van der Waals surface area (Å²) in [6.45, 7) is 10.8. The van der Waals surface area contributed by atoms with Crippen LogP contribution in [-0.4, -0.2) is 54.7 Å². The summed E-state index contributed by atoms with van der Waals surface area (Å²) in [5.41, 5.74) is 11.3. The van der Waals surface area contributed by atoms with Crippen LogP contribution in [0.1, 0.15) is 46.7 Å². The number of carbonyl (C=O) groups excluding carboxylic acids is 1. The lowest BCUT2D eigenvalue weighted by atomic mass is 9.89. The van der Waals surface area contributed by atoms with Gasteiger partial charge in [0.2, 0.25) is 0 Å². The third-order valence-corrected chi connectivity index (χ3v) is 10.1. The highest BCUT2D eigenvalue weighted by molar-refractivity contribution is 6.32. The van der Waals surface area contributed by atoms with E-state index < -0.39 is 6.10 Å². The lowest BCUT2D eigenvalue weighted by molar-refractivity contribution is -0.118. The molecule has 1 saturated heterocycles. The molecule has 0 radical (unpaired) electrons. The number of benzene rings is 4. The minimum atomic E-state index is -0.802. The molecule has 0 saturated carbocycles. The molecule has 1 aliphatic heterocycles. The van der Waals surface area contributed by atoms with Gasteiger partial charge in [0.25, 0.3) is 0 Å². The van der Waals surface area contributed by atoms with Gasteiger partial charge < -0.3 is 30.1 Å². The van der Waals surface area contributed by atoms with E-state index >= 15 is 0 Å². The van der Waals surface area contributed by atoms with Gasteiger partial charge in [-0.05, 0) is 84.0 Å². The van der Waals surface area contributed by atoms with E-state index in [1.807, 2.05) is 0 Å². The van der Waals surface area contributed by atoms with E-state index in [-0.39, 0.29) is 32.0 Å². The van der Waals surface area contributed by atoms with Gasteiger partial charge in [-0.2, -0.15) is 5.26 Å². The number of halogens is 1. The molecule has 3 N–H and O–H groups in total. The Morgan fingerprint density at radius 3 is 2.37 bits per heavy atom. The molecule has 278 valence electrons. The predicted octanol–water partition coefficient (Wildman–Crippen LogP) is 7.55. The van der Waals surface area contributed by atoms with E-state index in [2.05, 4.69) is 101 Å². The number of piperazine rings is 1. The zero-order valence-corrected chi connectivity index (χ0v) is 31.7. The van der Waals surface area contributed by atoms with Crippen LogP contribution in [0.2, 0.25) is 5.02 Å². The first kappa shape index (κ1) is 38.5. The number of anilines is 1. The van der Waals surface area contributed by atoms with Gasteiger partial charge in [0, 0.05) is 81.0 Å². The number of nitriles is 1. The van der Waals surface area contributed by atoms with Crippen LogP contribution >= 0.6 is 11.6 Å². The quantitative estimate of drug-likeness (QED) is 0.0999.